The predicted octanol–water partition coefficient (Wildman–Crippen LogP) is 1.44. The topological polar surface area (TPSA) is 89.2 Å². The number of rotatable bonds is 4. The molecule has 0 aliphatic rings. The second-order valence-electron chi connectivity index (χ2n) is 4.28. The third-order valence-corrected chi connectivity index (χ3v) is 2.55. The number of alkyl halides is 3. The van der Waals surface area contributed by atoms with Crippen molar-refractivity contribution in [2.75, 3.05) is 5.32 Å². The Morgan fingerprint density at radius 3 is 2.73 bits per heavy atom. The van der Waals surface area contributed by atoms with Crippen molar-refractivity contribution in [3.8, 4) is 0 Å². The molecule has 0 saturated heterocycles. The maximum absolute atomic E-state index is 12.3. The second kappa shape index (κ2) is 5.92. The van der Waals surface area contributed by atoms with E-state index in [0.29, 0.717) is 5.76 Å². The standard InChI is InChI=1S/C12H11F3N4O3/c1-19-6-8(17-11(21)12(13,14)15)9(18-19)10(20)16-5-7-3-2-4-22-7/h2-4,6H,5H2,1H3,(H,16,20)(H,17,21). The Morgan fingerprint density at radius 2 is 2.14 bits per heavy atom. The van der Waals surface area contributed by atoms with Gasteiger partial charge >= 0.3 is 12.1 Å². The summed E-state index contributed by atoms with van der Waals surface area (Å²) in [7, 11) is 1.41. The molecule has 2 heterocycles. The number of furan rings is 1. The summed E-state index contributed by atoms with van der Waals surface area (Å²) in [5.74, 6) is -2.46. The average molecular weight is 316 g/mol. The van der Waals surface area contributed by atoms with Crippen LogP contribution in [0.1, 0.15) is 16.2 Å². The first-order valence-corrected chi connectivity index (χ1v) is 6.00. The van der Waals surface area contributed by atoms with Gasteiger partial charge in [-0.25, -0.2) is 0 Å². The SMILES string of the molecule is Cn1cc(NC(=O)C(F)(F)F)c(C(=O)NCc2ccco2)n1. The lowest BCUT2D eigenvalue weighted by atomic mass is 10.3. The van der Waals surface area contributed by atoms with Gasteiger partial charge in [-0.3, -0.25) is 14.3 Å². The first-order chi connectivity index (χ1) is 10.3. The summed E-state index contributed by atoms with van der Waals surface area (Å²) in [5, 5.41) is 7.78. The van der Waals surface area contributed by atoms with Crippen molar-refractivity contribution in [3.05, 3.63) is 36.0 Å². The van der Waals surface area contributed by atoms with E-state index < -0.39 is 18.0 Å². The lowest BCUT2D eigenvalue weighted by Crippen LogP contribution is -2.31. The maximum atomic E-state index is 12.3. The minimum absolute atomic E-state index is 0.0368. The third-order valence-electron chi connectivity index (χ3n) is 2.55. The molecule has 2 aromatic rings. The van der Waals surface area contributed by atoms with Crippen molar-refractivity contribution in [1.82, 2.24) is 15.1 Å². The van der Waals surface area contributed by atoms with E-state index in [4.69, 9.17) is 4.42 Å². The molecule has 0 spiro atoms. The van der Waals surface area contributed by atoms with Gasteiger partial charge in [0.05, 0.1) is 18.5 Å². The molecule has 22 heavy (non-hydrogen) atoms. The summed E-state index contributed by atoms with van der Waals surface area (Å²) in [5.41, 5.74) is -0.659. The van der Waals surface area contributed by atoms with Gasteiger partial charge < -0.3 is 15.1 Å². The summed E-state index contributed by atoms with van der Waals surface area (Å²) < 4.78 is 42.9. The lowest BCUT2D eigenvalue weighted by Gasteiger charge is -2.07. The normalized spacial score (nSPS) is 11.3. The Balaban J connectivity index is 2.10. The van der Waals surface area contributed by atoms with E-state index in [9.17, 15) is 22.8 Å². The fourth-order valence-corrected chi connectivity index (χ4v) is 1.61. The van der Waals surface area contributed by atoms with E-state index in [2.05, 4.69) is 10.4 Å². The average Bonchev–Trinajstić information content (AvgIpc) is 3.04. The number of nitrogens with one attached hydrogen (secondary N) is 2. The Labute approximate surface area is 122 Å². The zero-order chi connectivity index (χ0) is 16.3. The Morgan fingerprint density at radius 1 is 1.41 bits per heavy atom. The van der Waals surface area contributed by atoms with E-state index in [1.807, 2.05) is 0 Å². The molecule has 2 rings (SSSR count). The van der Waals surface area contributed by atoms with Crippen LogP contribution in [0.2, 0.25) is 0 Å². The lowest BCUT2D eigenvalue weighted by molar-refractivity contribution is -0.167. The van der Waals surface area contributed by atoms with Crippen LogP contribution >= 0.6 is 0 Å². The van der Waals surface area contributed by atoms with Gasteiger partial charge in [0.2, 0.25) is 0 Å². The van der Waals surface area contributed by atoms with Crippen LogP contribution in [-0.2, 0) is 18.4 Å². The minimum atomic E-state index is -5.06. The number of nitrogens with zero attached hydrogens (tertiary/aromatic N) is 2. The number of carbonyl (C=O) groups is 2. The van der Waals surface area contributed by atoms with Crippen LogP contribution in [0.25, 0.3) is 0 Å². The molecule has 7 nitrogen and oxygen atoms in total. The van der Waals surface area contributed by atoms with E-state index in [1.165, 1.54) is 13.3 Å². The van der Waals surface area contributed by atoms with Gasteiger partial charge in [0.15, 0.2) is 5.69 Å². The van der Waals surface area contributed by atoms with Crippen molar-refractivity contribution in [2.24, 2.45) is 7.05 Å². The molecule has 0 bridgehead atoms. The number of aromatic nitrogens is 2. The van der Waals surface area contributed by atoms with E-state index in [0.717, 1.165) is 10.9 Å². The number of aryl methyl sites for hydroxylation is 1. The van der Waals surface area contributed by atoms with Crippen molar-refractivity contribution < 1.29 is 27.2 Å². The Hall–Kier alpha value is -2.78. The molecule has 0 fully saturated rings. The number of anilines is 1. The van der Waals surface area contributed by atoms with Gasteiger partial charge in [0.1, 0.15) is 5.76 Å². The summed E-state index contributed by atoms with van der Waals surface area (Å²) >= 11 is 0. The van der Waals surface area contributed by atoms with Crippen LogP contribution in [0.3, 0.4) is 0 Å². The Kier molecular flexibility index (Phi) is 4.20. The van der Waals surface area contributed by atoms with Gasteiger partial charge in [0, 0.05) is 13.2 Å². The zero-order valence-electron chi connectivity index (χ0n) is 11.3. The van der Waals surface area contributed by atoms with Crippen LogP contribution in [-0.4, -0.2) is 27.8 Å². The molecule has 0 atom stereocenters. The third kappa shape index (κ3) is 3.65. The second-order valence-corrected chi connectivity index (χ2v) is 4.28. The summed E-state index contributed by atoms with van der Waals surface area (Å²) in [6.45, 7) is 0.0368. The van der Waals surface area contributed by atoms with Crippen LogP contribution in [0.4, 0.5) is 18.9 Å². The molecule has 0 aromatic carbocycles. The number of halogens is 3. The summed E-state index contributed by atoms with van der Waals surface area (Å²) in [6, 6.07) is 3.24. The van der Waals surface area contributed by atoms with E-state index >= 15 is 0 Å². The molecular weight excluding hydrogens is 305 g/mol. The van der Waals surface area contributed by atoms with Crippen molar-refractivity contribution in [2.45, 2.75) is 12.7 Å². The molecule has 0 radical (unpaired) electrons. The molecule has 2 aromatic heterocycles. The summed E-state index contributed by atoms with van der Waals surface area (Å²) in [6.07, 6.45) is -2.54. The highest BCUT2D eigenvalue weighted by atomic mass is 19.4. The first kappa shape index (κ1) is 15.6. The minimum Gasteiger partial charge on any atom is -0.467 e. The molecule has 0 unspecified atom stereocenters. The fraction of sp³-hybridized carbons (Fsp3) is 0.250. The molecule has 118 valence electrons. The van der Waals surface area contributed by atoms with Gasteiger partial charge in [-0.15, -0.1) is 0 Å². The van der Waals surface area contributed by atoms with Gasteiger partial charge in [-0.1, -0.05) is 0 Å². The fourth-order valence-electron chi connectivity index (χ4n) is 1.61. The highest BCUT2D eigenvalue weighted by Crippen LogP contribution is 2.20. The molecule has 0 aliphatic heterocycles. The van der Waals surface area contributed by atoms with Crippen molar-refractivity contribution >= 4 is 17.5 Å². The largest absolute Gasteiger partial charge is 0.471 e. The monoisotopic (exact) mass is 316 g/mol. The molecule has 0 aliphatic carbocycles. The number of hydrogen-bond donors (Lipinski definition) is 2. The molecule has 2 amide bonds. The quantitative estimate of drug-likeness (QED) is 0.893. The Bertz CT molecular complexity index is 676. The predicted molar refractivity (Wildman–Crippen MR) is 67.8 cm³/mol. The van der Waals surface area contributed by atoms with Crippen molar-refractivity contribution in [3.63, 3.8) is 0 Å². The van der Waals surface area contributed by atoms with E-state index in [-0.39, 0.29) is 17.9 Å². The van der Waals surface area contributed by atoms with Crippen LogP contribution < -0.4 is 10.6 Å². The van der Waals surface area contributed by atoms with Gasteiger partial charge in [-0.05, 0) is 12.1 Å². The van der Waals surface area contributed by atoms with E-state index in [1.54, 1.807) is 17.4 Å². The van der Waals surface area contributed by atoms with Gasteiger partial charge in [-0.2, -0.15) is 18.3 Å². The van der Waals surface area contributed by atoms with Crippen LogP contribution in [0.5, 0.6) is 0 Å². The number of hydrogen-bond acceptors (Lipinski definition) is 4. The van der Waals surface area contributed by atoms with Crippen molar-refractivity contribution in [1.29, 1.82) is 0 Å². The van der Waals surface area contributed by atoms with Crippen LogP contribution in [0.15, 0.2) is 29.0 Å². The summed E-state index contributed by atoms with van der Waals surface area (Å²) in [4.78, 5) is 22.9. The molecule has 2 N–H and O–H groups in total. The van der Waals surface area contributed by atoms with Gasteiger partial charge in [0.25, 0.3) is 5.91 Å². The smallest absolute Gasteiger partial charge is 0.467 e. The zero-order valence-corrected chi connectivity index (χ0v) is 11.3. The number of carbonyl (C=O) groups excluding carboxylic acids is 2. The molecular formula is C12H11F3N4O3. The van der Waals surface area contributed by atoms with Crippen LogP contribution in [0, 0.1) is 0 Å². The number of amides is 2. The highest BCUT2D eigenvalue weighted by molar-refractivity contribution is 6.03. The molecule has 10 heteroatoms. The maximum Gasteiger partial charge on any atom is 0.471 e. The highest BCUT2D eigenvalue weighted by Gasteiger charge is 2.39. The first-order valence-electron chi connectivity index (χ1n) is 6.00. The molecule has 0 saturated carbocycles.